The summed E-state index contributed by atoms with van der Waals surface area (Å²) >= 11 is 0. The minimum atomic E-state index is -0.540. The standard InChI is InChI=1S/C23H33F2N5O/c1-6-21(19-8-7-18(24)13-20(19)25)29-9-11-30(12-10-29)23(26-5)27-14-15(2)22-16(3)28-31-17(22)4/h7-8,13,15,21H,6,9-12,14H2,1-5H3,(H,26,27). The van der Waals surface area contributed by atoms with Crippen LogP contribution in [0.3, 0.4) is 0 Å². The van der Waals surface area contributed by atoms with Gasteiger partial charge in [-0.15, -0.1) is 0 Å². The molecular formula is C23H33F2N5O. The molecule has 0 spiro atoms. The summed E-state index contributed by atoms with van der Waals surface area (Å²) in [4.78, 5) is 8.95. The van der Waals surface area contributed by atoms with Crippen molar-refractivity contribution >= 4 is 5.96 Å². The number of nitrogens with zero attached hydrogens (tertiary/aromatic N) is 4. The summed E-state index contributed by atoms with van der Waals surface area (Å²) < 4.78 is 32.9. The molecule has 8 heteroatoms. The fraction of sp³-hybridized carbons (Fsp3) is 0.565. The number of rotatable bonds is 6. The molecule has 1 fully saturated rings. The van der Waals surface area contributed by atoms with Crippen molar-refractivity contribution in [2.75, 3.05) is 39.8 Å². The molecule has 1 aromatic heterocycles. The fourth-order valence-corrected chi connectivity index (χ4v) is 4.56. The van der Waals surface area contributed by atoms with Gasteiger partial charge >= 0.3 is 0 Å². The van der Waals surface area contributed by atoms with Crippen LogP contribution in [0.15, 0.2) is 27.7 Å². The zero-order valence-electron chi connectivity index (χ0n) is 19.1. The molecule has 0 radical (unpaired) electrons. The van der Waals surface area contributed by atoms with E-state index in [-0.39, 0.29) is 12.0 Å². The first kappa shape index (κ1) is 23.2. The maximum absolute atomic E-state index is 14.3. The van der Waals surface area contributed by atoms with Gasteiger partial charge in [0.1, 0.15) is 17.4 Å². The number of benzene rings is 1. The van der Waals surface area contributed by atoms with Crippen LogP contribution in [0.25, 0.3) is 0 Å². The van der Waals surface area contributed by atoms with E-state index >= 15 is 0 Å². The minimum Gasteiger partial charge on any atom is -0.361 e. The first-order valence-corrected chi connectivity index (χ1v) is 10.9. The Hall–Kier alpha value is -2.48. The average molecular weight is 434 g/mol. The van der Waals surface area contributed by atoms with E-state index in [2.05, 4.69) is 32.2 Å². The molecule has 0 saturated carbocycles. The molecule has 0 aliphatic carbocycles. The zero-order chi connectivity index (χ0) is 22.5. The third-order valence-corrected chi connectivity index (χ3v) is 6.12. The Labute approximate surface area is 183 Å². The molecule has 1 aromatic carbocycles. The topological polar surface area (TPSA) is 56.9 Å². The van der Waals surface area contributed by atoms with E-state index < -0.39 is 11.6 Å². The molecule has 2 atom stereocenters. The lowest BCUT2D eigenvalue weighted by molar-refractivity contribution is 0.124. The van der Waals surface area contributed by atoms with Crippen LogP contribution in [0.4, 0.5) is 8.78 Å². The number of nitrogens with one attached hydrogen (secondary N) is 1. The Bertz CT molecular complexity index is 886. The highest BCUT2D eigenvalue weighted by Gasteiger charge is 2.27. The predicted molar refractivity (Wildman–Crippen MR) is 118 cm³/mol. The molecule has 6 nitrogen and oxygen atoms in total. The molecule has 1 aliphatic rings. The monoisotopic (exact) mass is 433 g/mol. The van der Waals surface area contributed by atoms with Crippen molar-refractivity contribution < 1.29 is 13.3 Å². The highest BCUT2D eigenvalue weighted by atomic mass is 19.1. The Balaban J connectivity index is 1.58. The molecule has 31 heavy (non-hydrogen) atoms. The van der Waals surface area contributed by atoms with Gasteiger partial charge in [-0.3, -0.25) is 9.89 Å². The van der Waals surface area contributed by atoms with E-state index in [4.69, 9.17) is 4.52 Å². The average Bonchev–Trinajstić information content (AvgIpc) is 3.09. The van der Waals surface area contributed by atoms with E-state index in [9.17, 15) is 8.78 Å². The maximum Gasteiger partial charge on any atom is 0.193 e. The van der Waals surface area contributed by atoms with Crippen molar-refractivity contribution in [3.05, 3.63) is 52.4 Å². The van der Waals surface area contributed by atoms with Gasteiger partial charge in [-0.25, -0.2) is 8.78 Å². The van der Waals surface area contributed by atoms with Crippen LogP contribution in [0, 0.1) is 25.5 Å². The molecule has 3 rings (SSSR count). The fourth-order valence-electron chi connectivity index (χ4n) is 4.56. The number of aromatic nitrogens is 1. The number of piperazine rings is 1. The number of aryl methyl sites for hydroxylation is 2. The van der Waals surface area contributed by atoms with Crippen LogP contribution in [-0.4, -0.2) is 60.7 Å². The highest BCUT2D eigenvalue weighted by molar-refractivity contribution is 5.80. The zero-order valence-corrected chi connectivity index (χ0v) is 19.1. The van der Waals surface area contributed by atoms with E-state index in [1.807, 2.05) is 20.8 Å². The SMILES string of the molecule is CCC(c1ccc(F)cc1F)N1CCN(C(=NC)NCC(C)c2c(C)noc2C)CC1. The summed E-state index contributed by atoms with van der Waals surface area (Å²) in [5, 5.41) is 7.52. The third kappa shape index (κ3) is 5.23. The molecule has 0 bridgehead atoms. The number of aliphatic imine (C=N–C) groups is 1. The lowest BCUT2D eigenvalue weighted by atomic mass is 9.99. The van der Waals surface area contributed by atoms with Gasteiger partial charge in [0.2, 0.25) is 0 Å². The van der Waals surface area contributed by atoms with E-state index in [1.165, 1.54) is 6.07 Å². The quantitative estimate of drug-likeness (QED) is 0.551. The van der Waals surface area contributed by atoms with Crippen LogP contribution in [-0.2, 0) is 0 Å². The number of hydrogen-bond acceptors (Lipinski definition) is 4. The number of halogens is 2. The van der Waals surface area contributed by atoms with Crippen molar-refractivity contribution in [3.8, 4) is 0 Å². The number of hydrogen-bond donors (Lipinski definition) is 1. The molecule has 1 aliphatic heterocycles. The van der Waals surface area contributed by atoms with E-state index in [0.717, 1.165) is 68.2 Å². The molecule has 2 aromatic rings. The first-order valence-electron chi connectivity index (χ1n) is 10.9. The Kier molecular flexibility index (Phi) is 7.64. The molecule has 0 amide bonds. The summed E-state index contributed by atoms with van der Waals surface area (Å²) in [7, 11) is 1.79. The van der Waals surface area contributed by atoms with E-state index in [1.54, 1.807) is 13.1 Å². The number of guanidine groups is 1. The summed E-state index contributed by atoms with van der Waals surface area (Å²) in [5.74, 6) is 0.949. The van der Waals surface area contributed by atoms with Crippen LogP contribution in [0.5, 0.6) is 0 Å². The minimum absolute atomic E-state index is 0.0581. The maximum atomic E-state index is 14.3. The molecule has 2 unspecified atom stereocenters. The lowest BCUT2D eigenvalue weighted by Gasteiger charge is -2.40. The molecule has 170 valence electrons. The summed E-state index contributed by atoms with van der Waals surface area (Å²) in [6.07, 6.45) is 0.768. The van der Waals surface area contributed by atoms with Crippen molar-refractivity contribution in [3.63, 3.8) is 0 Å². The molecular weight excluding hydrogens is 400 g/mol. The second-order valence-electron chi connectivity index (χ2n) is 8.18. The van der Waals surface area contributed by atoms with Gasteiger partial charge in [0, 0.05) is 68.9 Å². The molecule has 1 saturated heterocycles. The second kappa shape index (κ2) is 10.2. The van der Waals surface area contributed by atoms with Gasteiger partial charge in [0.05, 0.1) is 5.69 Å². The second-order valence-corrected chi connectivity index (χ2v) is 8.18. The summed E-state index contributed by atoms with van der Waals surface area (Å²) in [6.45, 7) is 12.0. The Morgan fingerprint density at radius 1 is 1.23 bits per heavy atom. The van der Waals surface area contributed by atoms with Gasteiger partial charge in [0.25, 0.3) is 0 Å². The van der Waals surface area contributed by atoms with Crippen molar-refractivity contribution in [2.24, 2.45) is 4.99 Å². The predicted octanol–water partition coefficient (Wildman–Crippen LogP) is 4.02. The Morgan fingerprint density at radius 3 is 2.48 bits per heavy atom. The largest absolute Gasteiger partial charge is 0.361 e. The smallest absolute Gasteiger partial charge is 0.193 e. The van der Waals surface area contributed by atoms with Crippen molar-refractivity contribution in [1.82, 2.24) is 20.3 Å². The normalized spacial score (nSPS) is 17.6. The Morgan fingerprint density at radius 2 is 1.94 bits per heavy atom. The van der Waals surface area contributed by atoms with Crippen molar-refractivity contribution in [2.45, 2.75) is 46.1 Å². The highest BCUT2D eigenvalue weighted by Crippen LogP contribution is 2.28. The van der Waals surface area contributed by atoms with Crippen molar-refractivity contribution in [1.29, 1.82) is 0 Å². The lowest BCUT2D eigenvalue weighted by Crippen LogP contribution is -2.53. The van der Waals surface area contributed by atoms with Gasteiger partial charge in [-0.05, 0) is 26.3 Å². The third-order valence-electron chi connectivity index (χ3n) is 6.12. The van der Waals surface area contributed by atoms with Gasteiger partial charge in [-0.1, -0.05) is 25.1 Å². The van der Waals surface area contributed by atoms with Gasteiger partial charge in [0.15, 0.2) is 5.96 Å². The first-order chi connectivity index (χ1) is 14.8. The van der Waals surface area contributed by atoms with Crippen LogP contribution in [0.2, 0.25) is 0 Å². The van der Waals surface area contributed by atoms with Gasteiger partial charge in [-0.2, -0.15) is 0 Å². The summed E-state index contributed by atoms with van der Waals surface area (Å²) in [6, 6.07) is 3.82. The van der Waals surface area contributed by atoms with Gasteiger partial charge < -0.3 is 14.7 Å². The van der Waals surface area contributed by atoms with Crippen LogP contribution < -0.4 is 5.32 Å². The molecule has 2 heterocycles. The summed E-state index contributed by atoms with van der Waals surface area (Å²) in [5.41, 5.74) is 2.63. The van der Waals surface area contributed by atoms with Crippen LogP contribution in [0.1, 0.15) is 54.8 Å². The van der Waals surface area contributed by atoms with E-state index in [0.29, 0.717) is 5.56 Å². The van der Waals surface area contributed by atoms with Crippen LogP contribution >= 0.6 is 0 Å². The molecule has 1 N–H and O–H groups in total.